The zero-order valence-electron chi connectivity index (χ0n) is 8.30. The minimum absolute atomic E-state index is 1.12. The van der Waals surface area contributed by atoms with Crippen LogP contribution in [-0.4, -0.2) is 0 Å². The third kappa shape index (κ3) is 2.16. The molecular weight excluding hydrogens is 316 g/mol. The van der Waals surface area contributed by atoms with Gasteiger partial charge in [0, 0.05) is 8.95 Å². The van der Waals surface area contributed by atoms with Crippen LogP contribution in [0, 0.1) is 6.92 Å². The Hall–Kier alpha value is -0.600. The van der Waals surface area contributed by atoms with Crippen LogP contribution in [0.5, 0.6) is 0 Å². The predicted molar refractivity (Wildman–Crippen MR) is 72.0 cm³/mol. The van der Waals surface area contributed by atoms with Crippen LogP contribution in [0.3, 0.4) is 0 Å². The van der Waals surface area contributed by atoms with Crippen LogP contribution in [0.2, 0.25) is 0 Å². The molecule has 76 valence electrons. The Morgan fingerprint density at radius 1 is 0.800 bits per heavy atom. The molecule has 2 aromatic rings. The van der Waals surface area contributed by atoms with Gasteiger partial charge in [-0.15, -0.1) is 0 Å². The molecule has 0 amide bonds. The quantitative estimate of drug-likeness (QED) is 0.677. The first-order valence-electron chi connectivity index (χ1n) is 4.70. The smallest absolute Gasteiger partial charge is 0.0398 e. The van der Waals surface area contributed by atoms with Crippen LogP contribution in [0.15, 0.2) is 51.4 Å². The summed E-state index contributed by atoms with van der Waals surface area (Å²) >= 11 is 7.20. The third-order valence-electron chi connectivity index (χ3n) is 2.36. The molecule has 0 radical (unpaired) electrons. The van der Waals surface area contributed by atoms with Crippen LogP contribution in [0.1, 0.15) is 5.56 Å². The molecule has 0 saturated carbocycles. The summed E-state index contributed by atoms with van der Waals surface area (Å²) in [6, 6.07) is 14.6. The summed E-state index contributed by atoms with van der Waals surface area (Å²) in [4.78, 5) is 0. The zero-order chi connectivity index (χ0) is 10.8. The molecule has 0 aliphatic rings. The molecular formula is C13H10Br2. The van der Waals surface area contributed by atoms with Crippen LogP contribution in [0.4, 0.5) is 0 Å². The van der Waals surface area contributed by atoms with Crippen LogP contribution in [0.25, 0.3) is 11.1 Å². The molecule has 0 spiro atoms. The lowest BCUT2D eigenvalue weighted by Crippen LogP contribution is -1.83. The van der Waals surface area contributed by atoms with Crippen molar-refractivity contribution >= 4 is 31.9 Å². The van der Waals surface area contributed by atoms with Gasteiger partial charge in [0.15, 0.2) is 0 Å². The first-order valence-corrected chi connectivity index (χ1v) is 6.29. The summed E-state index contributed by atoms with van der Waals surface area (Å²) in [6.45, 7) is 2.09. The number of hydrogen-bond donors (Lipinski definition) is 0. The fraction of sp³-hybridized carbons (Fsp3) is 0.0769. The molecule has 0 nitrogen and oxygen atoms in total. The van der Waals surface area contributed by atoms with E-state index in [0.29, 0.717) is 0 Å². The maximum absolute atomic E-state index is 3.62. The first-order chi connectivity index (χ1) is 7.20. The molecule has 0 aromatic heterocycles. The summed E-state index contributed by atoms with van der Waals surface area (Å²) in [6.07, 6.45) is 0. The minimum atomic E-state index is 1.12. The Labute approximate surface area is 107 Å². The summed E-state index contributed by atoms with van der Waals surface area (Å²) in [5.74, 6) is 0. The van der Waals surface area contributed by atoms with E-state index in [9.17, 15) is 0 Å². The van der Waals surface area contributed by atoms with E-state index in [1.54, 1.807) is 0 Å². The van der Waals surface area contributed by atoms with E-state index >= 15 is 0 Å². The van der Waals surface area contributed by atoms with Crippen LogP contribution >= 0.6 is 31.9 Å². The number of hydrogen-bond acceptors (Lipinski definition) is 0. The highest BCUT2D eigenvalue weighted by Crippen LogP contribution is 2.35. The van der Waals surface area contributed by atoms with Crippen molar-refractivity contribution in [2.75, 3.05) is 0 Å². The van der Waals surface area contributed by atoms with Gasteiger partial charge in [-0.1, -0.05) is 42.5 Å². The van der Waals surface area contributed by atoms with Crippen molar-refractivity contribution in [2.24, 2.45) is 0 Å². The highest BCUT2D eigenvalue weighted by molar-refractivity contribution is 9.13. The average Bonchev–Trinajstić information content (AvgIpc) is 2.27. The first kappa shape index (κ1) is 10.9. The van der Waals surface area contributed by atoms with Crippen LogP contribution in [-0.2, 0) is 0 Å². The normalized spacial score (nSPS) is 10.3. The van der Waals surface area contributed by atoms with E-state index in [4.69, 9.17) is 0 Å². The van der Waals surface area contributed by atoms with E-state index in [-0.39, 0.29) is 0 Å². The van der Waals surface area contributed by atoms with E-state index in [2.05, 4.69) is 75.2 Å². The maximum Gasteiger partial charge on any atom is 0.0398 e. The van der Waals surface area contributed by atoms with Crippen LogP contribution < -0.4 is 0 Å². The molecule has 0 saturated heterocycles. The molecule has 0 aliphatic carbocycles. The molecule has 0 bridgehead atoms. The van der Waals surface area contributed by atoms with E-state index in [1.807, 2.05) is 6.07 Å². The van der Waals surface area contributed by atoms with E-state index in [0.717, 1.165) is 8.95 Å². The Bertz CT molecular complexity index is 475. The number of aryl methyl sites for hydroxylation is 1. The molecule has 15 heavy (non-hydrogen) atoms. The molecule has 0 N–H and O–H groups in total. The van der Waals surface area contributed by atoms with Crippen molar-refractivity contribution in [1.82, 2.24) is 0 Å². The molecule has 0 fully saturated rings. The Morgan fingerprint density at radius 3 is 2.13 bits per heavy atom. The number of rotatable bonds is 1. The Balaban J connectivity index is 2.60. The molecule has 0 heterocycles. The fourth-order valence-electron chi connectivity index (χ4n) is 1.49. The van der Waals surface area contributed by atoms with Crippen molar-refractivity contribution in [2.45, 2.75) is 6.92 Å². The van der Waals surface area contributed by atoms with Gasteiger partial charge in [-0.2, -0.15) is 0 Å². The topological polar surface area (TPSA) is 0 Å². The summed E-state index contributed by atoms with van der Waals surface area (Å²) in [5.41, 5.74) is 3.68. The molecule has 0 aliphatic heterocycles. The number of benzene rings is 2. The molecule has 2 aromatic carbocycles. The highest BCUT2D eigenvalue weighted by Gasteiger charge is 2.07. The van der Waals surface area contributed by atoms with Crippen molar-refractivity contribution in [3.05, 3.63) is 57.0 Å². The summed E-state index contributed by atoms with van der Waals surface area (Å²) in [7, 11) is 0. The van der Waals surface area contributed by atoms with Crippen molar-refractivity contribution in [3.8, 4) is 11.1 Å². The lowest BCUT2D eigenvalue weighted by Gasteiger charge is -2.08. The molecule has 0 atom stereocenters. The van der Waals surface area contributed by atoms with E-state index < -0.39 is 0 Å². The Morgan fingerprint density at radius 2 is 1.47 bits per heavy atom. The predicted octanol–water partition coefficient (Wildman–Crippen LogP) is 5.19. The number of halogens is 2. The van der Waals surface area contributed by atoms with Gasteiger partial charge in [-0.05, 0) is 55.5 Å². The lowest BCUT2D eigenvalue weighted by atomic mass is 10.0. The lowest BCUT2D eigenvalue weighted by molar-refractivity contribution is 1.40. The maximum atomic E-state index is 3.62. The van der Waals surface area contributed by atoms with Crippen molar-refractivity contribution in [3.63, 3.8) is 0 Å². The van der Waals surface area contributed by atoms with Gasteiger partial charge in [-0.3, -0.25) is 0 Å². The van der Waals surface area contributed by atoms with Gasteiger partial charge < -0.3 is 0 Å². The SMILES string of the molecule is Cc1ccc(-c2ccccc2)c(Br)c1Br. The molecule has 2 rings (SSSR count). The minimum Gasteiger partial charge on any atom is -0.0622 e. The second-order valence-corrected chi connectivity index (χ2v) is 5.01. The second-order valence-electron chi connectivity index (χ2n) is 3.42. The Kier molecular flexibility index (Phi) is 3.27. The highest BCUT2D eigenvalue weighted by atomic mass is 79.9. The van der Waals surface area contributed by atoms with Crippen molar-refractivity contribution < 1.29 is 0 Å². The summed E-state index contributed by atoms with van der Waals surface area (Å²) < 4.78 is 2.25. The van der Waals surface area contributed by atoms with Gasteiger partial charge in [0.2, 0.25) is 0 Å². The van der Waals surface area contributed by atoms with Gasteiger partial charge in [0.1, 0.15) is 0 Å². The fourth-order valence-corrected chi connectivity index (χ4v) is 2.51. The zero-order valence-corrected chi connectivity index (χ0v) is 11.5. The monoisotopic (exact) mass is 324 g/mol. The molecule has 0 unspecified atom stereocenters. The molecule has 2 heteroatoms. The third-order valence-corrected chi connectivity index (χ3v) is 4.74. The van der Waals surface area contributed by atoms with Crippen molar-refractivity contribution in [1.29, 1.82) is 0 Å². The summed E-state index contributed by atoms with van der Waals surface area (Å²) in [5, 5.41) is 0. The second kappa shape index (κ2) is 4.50. The standard InChI is InChI=1S/C13H10Br2/c1-9-7-8-11(13(15)12(9)14)10-5-3-2-4-6-10/h2-8H,1H3. The van der Waals surface area contributed by atoms with Gasteiger partial charge in [-0.25, -0.2) is 0 Å². The largest absolute Gasteiger partial charge is 0.0622 e. The van der Waals surface area contributed by atoms with E-state index in [1.165, 1.54) is 16.7 Å². The van der Waals surface area contributed by atoms with Gasteiger partial charge in [0.05, 0.1) is 0 Å². The van der Waals surface area contributed by atoms with Gasteiger partial charge >= 0.3 is 0 Å². The van der Waals surface area contributed by atoms with Gasteiger partial charge in [0.25, 0.3) is 0 Å². The average molecular weight is 326 g/mol.